The molecular formula is C79H108FFeN23O26. The first-order valence-corrected chi connectivity index (χ1v) is 41.4. The van der Waals surface area contributed by atoms with Crippen LogP contribution in [-0.4, -0.2) is 325 Å². The number of aliphatic hydroxyl groups excluding tert-OH is 4. The number of aromatic nitrogens is 2. The van der Waals surface area contributed by atoms with Crippen LogP contribution in [0.3, 0.4) is 0 Å². The van der Waals surface area contributed by atoms with Gasteiger partial charge in [0, 0.05) is 145 Å². The van der Waals surface area contributed by atoms with Crippen molar-refractivity contribution in [2.24, 2.45) is 12.8 Å². The third-order valence-corrected chi connectivity index (χ3v) is 21.4. The molecule has 11 atom stereocenters. The minimum Gasteiger partial charge on any atom is -0.870 e. The molecule has 0 saturated carbocycles. The third kappa shape index (κ3) is 28.8. The fourth-order valence-corrected chi connectivity index (χ4v) is 14.5. The summed E-state index contributed by atoms with van der Waals surface area (Å²) in [7, 11) is 1.53. The number of aryl methyl sites for hydroxylation is 1. The molecule has 0 aliphatic carbocycles. The van der Waals surface area contributed by atoms with Crippen LogP contribution in [0.25, 0.3) is 28.0 Å². The zero-order valence-corrected chi connectivity index (χ0v) is 72.1. The molecular weight excluding hydrogens is 1760 g/mol. The quantitative estimate of drug-likeness (QED) is 0.00287. The van der Waals surface area contributed by atoms with Gasteiger partial charge in [-0.05, 0) is 95.9 Å². The van der Waals surface area contributed by atoms with E-state index in [1.807, 2.05) is 0 Å². The van der Waals surface area contributed by atoms with Crippen molar-refractivity contribution in [3.05, 3.63) is 69.4 Å². The van der Waals surface area contributed by atoms with Gasteiger partial charge in [-0.2, -0.15) is 0 Å². The number of hydrogen-bond donors (Lipinski definition) is 24. The molecule has 4 aromatic rings. The summed E-state index contributed by atoms with van der Waals surface area (Å²) in [6.45, 7) is -0.497. The minimum atomic E-state index is -2.01. The zero-order chi connectivity index (χ0) is 94.6. The summed E-state index contributed by atoms with van der Waals surface area (Å²) in [5.41, 5.74) is 5.07. The van der Waals surface area contributed by atoms with Crippen LogP contribution in [0.1, 0.15) is 120 Å². The number of carboxylic acid groups (broad SMARTS) is 1. The average molecular weight is 1870 g/mol. The summed E-state index contributed by atoms with van der Waals surface area (Å²) >= 11 is 0. The summed E-state index contributed by atoms with van der Waals surface area (Å²) in [6, 6.07) is -9.40. The molecule has 2 saturated heterocycles. The number of amides is 15. The van der Waals surface area contributed by atoms with Crippen molar-refractivity contribution in [3.8, 4) is 11.5 Å². The summed E-state index contributed by atoms with van der Waals surface area (Å²) in [5, 5.41) is 136. The van der Waals surface area contributed by atoms with Gasteiger partial charge in [-0.15, -0.1) is 0 Å². The van der Waals surface area contributed by atoms with Gasteiger partial charge in [0.15, 0.2) is 12.0 Å². The number of guanidine groups is 1. The molecule has 2 aromatic heterocycles. The number of nitrogens with two attached hydrogens (primary N) is 1. The maximum atomic E-state index is 15.6. The molecule has 51 heteroatoms. The molecule has 0 bridgehead atoms. The van der Waals surface area contributed by atoms with Crippen molar-refractivity contribution in [1.29, 1.82) is 5.41 Å². The van der Waals surface area contributed by atoms with E-state index in [0.717, 1.165) is 25.3 Å². The Morgan fingerprint density at radius 3 is 1.91 bits per heavy atom. The number of aliphatic hydroxyl groups is 4. The molecule has 0 unspecified atom stereocenters. The third-order valence-electron chi connectivity index (χ3n) is 21.4. The first kappa shape index (κ1) is 104. The molecule has 710 valence electrons. The van der Waals surface area contributed by atoms with Crippen LogP contribution in [0.5, 0.6) is 11.5 Å². The van der Waals surface area contributed by atoms with Crippen LogP contribution < -0.4 is 100 Å². The van der Waals surface area contributed by atoms with Crippen molar-refractivity contribution in [2.75, 3.05) is 95.0 Å². The van der Waals surface area contributed by atoms with E-state index < -0.39 is 217 Å². The second-order valence-electron chi connectivity index (χ2n) is 30.9. The molecule has 25 N–H and O–H groups in total. The number of hydrogen-bond acceptors (Lipinski definition) is 29. The summed E-state index contributed by atoms with van der Waals surface area (Å²) < 4.78 is 17.0. The van der Waals surface area contributed by atoms with E-state index in [1.54, 1.807) is 4.90 Å². The molecule has 4 aliphatic heterocycles. The normalized spacial score (nSPS) is 18.6. The Balaban J connectivity index is 0.0000231. The number of nitrogens with zero attached hydrogens (tertiary/aromatic N) is 7. The van der Waals surface area contributed by atoms with Crippen LogP contribution in [0.2, 0.25) is 0 Å². The fraction of sp³-hybridized carbons (Fsp3) is 0.519. The van der Waals surface area contributed by atoms with Crippen LogP contribution in [0.15, 0.2) is 47.0 Å². The number of nitrogens with one attached hydrogen (secondary N) is 15. The Labute approximate surface area is 750 Å². The van der Waals surface area contributed by atoms with E-state index in [1.165, 1.54) is 52.6 Å². The number of halogens is 1. The van der Waals surface area contributed by atoms with Crippen molar-refractivity contribution in [1.82, 2.24) is 93.7 Å². The summed E-state index contributed by atoms with van der Waals surface area (Å²) in [6.07, 6.45) is -3.86. The first-order chi connectivity index (χ1) is 61.3. The predicted molar refractivity (Wildman–Crippen MR) is 447 cm³/mol. The van der Waals surface area contributed by atoms with Crippen molar-refractivity contribution in [3.63, 3.8) is 0 Å². The number of anilines is 2. The molecule has 4 aliphatic rings. The Kier molecular flexibility index (Phi) is 39.3. The van der Waals surface area contributed by atoms with Crippen molar-refractivity contribution in [2.45, 2.75) is 170 Å². The number of pyridine rings is 2. The van der Waals surface area contributed by atoms with E-state index in [-0.39, 0.29) is 227 Å². The number of hydroxylamine groups is 4. The van der Waals surface area contributed by atoms with Gasteiger partial charge < -0.3 is 125 Å². The topological polar surface area (TPSA) is 729 Å². The van der Waals surface area contributed by atoms with Gasteiger partial charge >= 0.3 is 5.97 Å². The molecule has 6 heterocycles. The zero-order valence-electron chi connectivity index (χ0n) is 71.0. The number of carbonyl (C=O) groups excluding carboxylic acids is 15. The number of phenols is 1. The number of piperazine rings is 1. The number of carboxylic acids is 1. The Morgan fingerprint density at radius 2 is 1.28 bits per heavy atom. The second-order valence-corrected chi connectivity index (χ2v) is 30.9. The Bertz CT molecular complexity index is 5000. The van der Waals surface area contributed by atoms with Crippen molar-refractivity contribution >= 4 is 147 Å². The number of carbonyl (C=O) groups is 16. The number of fused-ring (bicyclic) bond motifs is 5. The van der Waals surface area contributed by atoms with E-state index in [0.29, 0.717) is 5.52 Å². The molecule has 0 radical (unpaired) electrons. The Hall–Kier alpha value is -13.3. The monoisotopic (exact) mass is 1870 g/mol. The number of phenolic OH excluding ortho intramolecular Hbond substituents is 1. The largest absolute Gasteiger partial charge is 0.870 e. The van der Waals surface area contributed by atoms with E-state index in [9.17, 15) is 128 Å². The van der Waals surface area contributed by atoms with Crippen LogP contribution in [0, 0.1) is 11.2 Å². The fourth-order valence-electron chi connectivity index (χ4n) is 14.5. The van der Waals surface area contributed by atoms with E-state index in [4.69, 9.17) is 11.1 Å². The number of aromatic carboxylic acids is 1. The SMILES string of the molecule is C[C@@H](O)[C@H]1NC(=O)[C@H](CCCN(O)C=O)NC(=O)[C@@H](NC(=O)[C@H](CCCN(O)C=O)NC(=O)[C@@H](CO)NC(=O)[C@H](CCCNC(=N)N)NC(=O)[C@@H](CO)NC(=O)[C@@H]2CC[NH+]=C3C(NC(=O)CCC(=O)NCCNC(=O)CCC(=O)N4CCN(c5cc6nc7c(cc6cc5F)c(=O)c(C(=O)O)cn7C)CC4)=Cc4cc([O-])c(O)cc4N32)CCCCNC(=O)[C@@H]([C@@H](C)O)NC1=O.[Fe]. The first-order valence-electron chi connectivity index (χ1n) is 41.4. The Morgan fingerprint density at radius 1 is 0.700 bits per heavy atom. The predicted octanol–water partition coefficient (Wildman–Crippen LogP) is -10.2. The molecule has 2 fully saturated rings. The van der Waals surface area contributed by atoms with Gasteiger partial charge in [0.05, 0.1) is 48.6 Å². The molecule has 130 heavy (non-hydrogen) atoms. The van der Waals surface area contributed by atoms with Gasteiger partial charge in [-0.3, -0.25) is 97.5 Å². The van der Waals surface area contributed by atoms with Gasteiger partial charge in [0.25, 0.3) is 11.7 Å². The number of aromatic hydroxyl groups is 1. The van der Waals surface area contributed by atoms with Gasteiger partial charge in [-0.25, -0.2) is 29.2 Å². The average Bonchev–Trinajstić information content (AvgIpc) is 0.750. The molecule has 8 rings (SSSR count). The van der Waals surface area contributed by atoms with Gasteiger partial charge in [0.1, 0.15) is 82.5 Å². The van der Waals surface area contributed by atoms with E-state index in [2.05, 4.69) is 79.1 Å². The van der Waals surface area contributed by atoms with E-state index >= 15 is 4.39 Å². The minimum absolute atomic E-state index is 0. The van der Waals surface area contributed by atoms with Crippen LogP contribution in [0.4, 0.5) is 15.8 Å². The summed E-state index contributed by atoms with van der Waals surface area (Å²) in [4.78, 5) is 239. The maximum absolute atomic E-state index is 15.6. The van der Waals surface area contributed by atoms with Crippen LogP contribution in [-0.2, 0) is 96.0 Å². The van der Waals surface area contributed by atoms with Gasteiger partial charge in [-0.1, -0.05) is 11.8 Å². The molecule has 49 nitrogen and oxygen atoms in total. The van der Waals surface area contributed by atoms with Crippen molar-refractivity contribution < 1.29 is 149 Å². The molecule has 0 spiro atoms. The van der Waals surface area contributed by atoms with Gasteiger partial charge in [0.2, 0.25) is 89.1 Å². The summed E-state index contributed by atoms with van der Waals surface area (Å²) in [5.74, 6) is -16.5. The van der Waals surface area contributed by atoms with Crippen LogP contribution >= 0.6 is 0 Å². The standard InChI is InChI=1S/C79H108FN23O26.Fe/c1-40(108)64-76(124)86-18-5-4-9-47(69(117)91-50(12-8-24-102(129)39-107)72(120)96-65(41(2)109)77(125)97-64)90-70(118)49(11-7-23-101(128)38-106)93-73(121)53(36-104)94-71(119)48(10-6-19-87-79(81)82)92-74(122)54(37-105)95-75(123)55-17-20-85-68-52(31-43-32-58(110)59(111)34-56(43)103(55)68)88-62(114)14-13-60(112)83-21-22-84-61(113)15-16-63(115)100-27-25-99(26-28-100)57-33-51-42(30-46(57)80)29-44-66(116)45(78(126)127)35-98(3)67(44)89-51;/h29-35,38-41,47-50,53-55,64-65,104-105,108-111,128-129H,4-28,36-37H2,1-3H3,(H,83,112)(H,84,113)(H,86,124)(H,88,114)(H,90,118)(H,91,117)(H,92,122)(H,93,121)(H,94,119)(H,95,123)(H,96,120)(H,97,125)(H,126,127)(H4,81,82,87);/t40-,41-,47+,48+,49+,50+,53-,54-,55+,64-,65-;/m1./s1. The number of benzene rings is 2. The smallest absolute Gasteiger partial charge is 0.341 e. The number of rotatable bonds is 40. The second kappa shape index (κ2) is 49.3. The molecule has 2 aromatic carbocycles. The molecule has 15 amide bonds. The maximum Gasteiger partial charge on any atom is 0.341 e. The number of amidine groups is 1.